The lowest BCUT2D eigenvalue weighted by Crippen LogP contribution is -2.29. The van der Waals surface area contributed by atoms with Gasteiger partial charge >= 0.3 is 11.9 Å². The number of hydrogen-bond donors (Lipinski definition) is 0. The fourth-order valence-corrected chi connectivity index (χ4v) is 2.41. The summed E-state index contributed by atoms with van der Waals surface area (Å²) in [5.74, 6) is -2.81. The molecule has 0 saturated carbocycles. The van der Waals surface area contributed by atoms with Crippen LogP contribution in [-0.2, 0) is 25.5 Å². The lowest BCUT2D eigenvalue weighted by molar-refractivity contribution is -0.159. The van der Waals surface area contributed by atoms with E-state index in [-0.39, 0.29) is 6.42 Å². The fourth-order valence-electron chi connectivity index (χ4n) is 1.73. The van der Waals surface area contributed by atoms with Gasteiger partial charge in [-0.1, -0.05) is 0 Å². The van der Waals surface area contributed by atoms with E-state index in [0.29, 0.717) is 6.42 Å². The Hall–Kier alpha value is -1.87. The summed E-state index contributed by atoms with van der Waals surface area (Å²) in [5, 5.41) is 13.0. The molecule has 0 aliphatic rings. The Bertz CT molecular complexity index is 447. The van der Waals surface area contributed by atoms with E-state index in [9.17, 15) is 9.59 Å². The highest BCUT2D eigenvalue weighted by Crippen LogP contribution is 2.20. The van der Waals surface area contributed by atoms with Crippen LogP contribution in [0.2, 0.25) is 0 Å². The molecule has 6 heteroatoms. The third-order valence-electron chi connectivity index (χ3n) is 2.74. The first kappa shape index (κ1) is 15.2. The van der Waals surface area contributed by atoms with Crippen molar-refractivity contribution in [1.29, 1.82) is 5.26 Å². The number of thiophene rings is 1. The second-order valence-corrected chi connectivity index (χ2v) is 4.78. The van der Waals surface area contributed by atoms with Gasteiger partial charge in [0.1, 0.15) is 0 Å². The van der Waals surface area contributed by atoms with Crippen LogP contribution in [-0.4, -0.2) is 26.2 Å². The number of nitrogens with zero attached hydrogens (tertiary/aromatic N) is 1. The van der Waals surface area contributed by atoms with Gasteiger partial charge in [0.05, 0.1) is 26.2 Å². The summed E-state index contributed by atoms with van der Waals surface area (Å²) in [6.07, 6.45) is 0.607. The van der Waals surface area contributed by atoms with E-state index in [2.05, 4.69) is 15.5 Å². The van der Waals surface area contributed by atoms with Crippen LogP contribution < -0.4 is 0 Å². The van der Waals surface area contributed by atoms with Crippen LogP contribution in [0.3, 0.4) is 0 Å². The van der Waals surface area contributed by atoms with Gasteiger partial charge in [-0.05, 0) is 35.2 Å². The van der Waals surface area contributed by atoms with Gasteiger partial charge in [0.2, 0.25) is 0 Å². The zero-order valence-electron chi connectivity index (χ0n) is 10.8. The fraction of sp³-hybridized carbons (Fsp3) is 0.462. The highest BCUT2D eigenvalue weighted by Gasteiger charge is 2.31. The van der Waals surface area contributed by atoms with Gasteiger partial charge in [-0.15, -0.1) is 0 Å². The van der Waals surface area contributed by atoms with Crippen molar-refractivity contribution in [2.45, 2.75) is 12.8 Å². The minimum atomic E-state index is -1.04. The van der Waals surface area contributed by atoms with E-state index in [0.717, 1.165) is 5.56 Å². The SMILES string of the molecule is COC(=O)C(CC(C#N)Cc1ccsc1)C(=O)OC. The first-order chi connectivity index (χ1) is 9.12. The summed E-state index contributed by atoms with van der Waals surface area (Å²) in [4.78, 5) is 23.1. The molecule has 0 spiro atoms. The molecule has 1 unspecified atom stereocenters. The zero-order valence-corrected chi connectivity index (χ0v) is 11.6. The Morgan fingerprint density at radius 3 is 2.42 bits per heavy atom. The quantitative estimate of drug-likeness (QED) is 0.587. The summed E-state index contributed by atoms with van der Waals surface area (Å²) >= 11 is 1.54. The molecular formula is C13H15NO4S. The van der Waals surface area contributed by atoms with E-state index in [1.54, 1.807) is 0 Å². The van der Waals surface area contributed by atoms with Crippen molar-refractivity contribution in [2.75, 3.05) is 14.2 Å². The van der Waals surface area contributed by atoms with Crippen LogP contribution in [0.5, 0.6) is 0 Å². The molecular weight excluding hydrogens is 266 g/mol. The Morgan fingerprint density at radius 1 is 1.37 bits per heavy atom. The standard InChI is InChI=1S/C13H15NO4S/c1-17-12(15)11(13(16)18-2)6-10(7-14)5-9-3-4-19-8-9/h3-4,8,10-11H,5-6H2,1-2H3. The second-order valence-electron chi connectivity index (χ2n) is 4.00. The molecule has 1 rings (SSSR count). The molecule has 5 nitrogen and oxygen atoms in total. The molecule has 1 aromatic heterocycles. The molecule has 0 radical (unpaired) electrons. The molecule has 0 aromatic carbocycles. The molecule has 102 valence electrons. The molecule has 1 heterocycles. The number of ether oxygens (including phenoxy) is 2. The van der Waals surface area contributed by atoms with Gasteiger partial charge < -0.3 is 9.47 Å². The molecule has 0 N–H and O–H groups in total. The van der Waals surface area contributed by atoms with Crippen molar-refractivity contribution in [3.8, 4) is 6.07 Å². The summed E-state index contributed by atoms with van der Waals surface area (Å²) in [5.41, 5.74) is 1.02. The van der Waals surface area contributed by atoms with Gasteiger partial charge in [0.15, 0.2) is 5.92 Å². The van der Waals surface area contributed by atoms with Crippen LogP contribution in [0, 0.1) is 23.2 Å². The van der Waals surface area contributed by atoms with Crippen molar-refractivity contribution in [3.05, 3.63) is 22.4 Å². The molecule has 0 saturated heterocycles. The van der Waals surface area contributed by atoms with Crippen LogP contribution in [0.15, 0.2) is 16.8 Å². The molecule has 19 heavy (non-hydrogen) atoms. The average molecular weight is 281 g/mol. The van der Waals surface area contributed by atoms with Crippen molar-refractivity contribution in [2.24, 2.45) is 11.8 Å². The van der Waals surface area contributed by atoms with Gasteiger partial charge in [-0.3, -0.25) is 9.59 Å². The molecule has 0 amide bonds. The normalized spacial score (nSPS) is 11.7. The Labute approximate surface area is 115 Å². The lowest BCUT2D eigenvalue weighted by atomic mass is 9.91. The smallest absolute Gasteiger partial charge is 0.320 e. The number of hydrogen-bond acceptors (Lipinski definition) is 6. The minimum Gasteiger partial charge on any atom is -0.468 e. The number of carbonyl (C=O) groups is 2. The van der Waals surface area contributed by atoms with Gasteiger partial charge in [-0.2, -0.15) is 16.6 Å². The predicted molar refractivity (Wildman–Crippen MR) is 69.3 cm³/mol. The van der Waals surface area contributed by atoms with Gasteiger partial charge in [-0.25, -0.2) is 0 Å². The van der Waals surface area contributed by atoms with E-state index < -0.39 is 23.8 Å². The van der Waals surface area contributed by atoms with E-state index in [1.807, 2.05) is 16.8 Å². The van der Waals surface area contributed by atoms with Crippen LogP contribution >= 0.6 is 11.3 Å². The van der Waals surface area contributed by atoms with Crippen LogP contribution in [0.1, 0.15) is 12.0 Å². The van der Waals surface area contributed by atoms with E-state index in [1.165, 1.54) is 25.6 Å². The average Bonchev–Trinajstić information content (AvgIpc) is 2.94. The first-order valence-corrected chi connectivity index (χ1v) is 6.63. The second kappa shape index (κ2) is 7.54. The molecule has 0 aliphatic heterocycles. The van der Waals surface area contributed by atoms with Crippen molar-refractivity contribution >= 4 is 23.3 Å². The number of nitriles is 1. The van der Waals surface area contributed by atoms with Crippen molar-refractivity contribution in [3.63, 3.8) is 0 Å². The van der Waals surface area contributed by atoms with E-state index >= 15 is 0 Å². The minimum absolute atomic E-state index is 0.103. The molecule has 1 aromatic rings. The predicted octanol–water partition coefficient (Wildman–Crippen LogP) is 1.78. The Morgan fingerprint density at radius 2 is 2.00 bits per heavy atom. The topological polar surface area (TPSA) is 76.4 Å². The summed E-state index contributed by atoms with van der Waals surface area (Å²) in [6, 6.07) is 4.03. The maximum absolute atomic E-state index is 11.5. The van der Waals surface area contributed by atoms with E-state index in [4.69, 9.17) is 5.26 Å². The largest absolute Gasteiger partial charge is 0.468 e. The highest BCUT2D eigenvalue weighted by atomic mass is 32.1. The maximum atomic E-state index is 11.5. The third kappa shape index (κ3) is 4.38. The Kier molecular flexibility index (Phi) is 6.03. The molecule has 0 fully saturated rings. The van der Waals surface area contributed by atoms with Gasteiger partial charge in [0.25, 0.3) is 0 Å². The number of esters is 2. The third-order valence-corrected chi connectivity index (χ3v) is 3.47. The van der Waals surface area contributed by atoms with Crippen LogP contribution in [0.4, 0.5) is 0 Å². The molecule has 0 aliphatic carbocycles. The molecule has 1 atom stereocenters. The lowest BCUT2D eigenvalue weighted by Gasteiger charge is -2.15. The zero-order chi connectivity index (χ0) is 14.3. The van der Waals surface area contributed by atoms with Gasteiger partial charge in [0, 0.05) is 0 Å². The summed E-state index contributed by atoms with van der Waals surface area (Å²) in [7, 11) is 2.41. The number of carbonyl (C=O) groups excluding carboxylic acids is 2. The van der Waals surface area contributed by atoms with Crippen molar-refractivity contribution < 1.29 is 19.1 Å². The van der Waals surface area contributed by atoms with Crippen molar-refractivity contribution in [1.82, 2.24) is 0 Å². The Balaban J connectivity index is 2.73. The molecule has 0 bridgehead atoms. The summed E-state index contributed by atoms with van der Waals surface area (Å²) < 4.78 is 9.14. The van der Waals surface area contributed by atoms with Crippen LogP contribution in [0.25, 0.3) is 0 Å². The maximum Gasteiger partial charge on any atom is 0.320 e. The number of methoxy groups -OCH3 is 2. The number of rotatable bonds is 6. The monoisotopic (exact) mass is 281 g/mol. The first-order valence-electron chi connectivity index (χ1n) is 5.68. The summed E-state index contributed by atoms with van der Waals surface area (Å²) in [6.45, 7) is 0. The highest BCUT2D eigenvalue weighted by molar-refractivity contribution is 7.07.